The van der Waals surface area contributed by atoms with Gasteiger partial charge in [0.15, 0.2) is 5.78 Å². The number of benzene rings is 1. The lowest BCUT2D eigenvalue weighted by Gasteiger charge is -2.38. The maximum Gasteiger partial charge on any atom is 0.166 e. The lowest BCUT2D eigenvalue weighted by molar-refractivity contribution is -0.145. The van der Waals surface area contributed by atoms with E-state index < -0.39 is 0 Å². The SMILES string of the molecule is CC(C)(C)C1ON(c2ccccc2)CCC1=O. The van der Waals surface area contributed by atoms with E-state index in [1.54, 1.807) is 0 Å². The Hall–Kier alpha value is -1.35. The van der Waals surface area contributed by atoms with E-state index in [0.29, 0.717) is 13.0 Å². The van der Waals surface area contributed by atoms with Crippen LogP contribution in [-0.4, -0.2) is 18.4 Å². The van der Waals surface area contributed by atoms with Crippen LogP contribution >= 0.6 is 0 Å². The van der Waals surface area contributed by atoms with E-state index in [9.17, 15) is 4.79 Å². The minimum atomic E-state index is -0.351. The molecule has 0 amide bonds. The highest BCUT2D eigenvalue weighted by Gasteiger charge is 2.37. The maximum absolute atomic E-state index is 11.9. The molecule has 1 atom stereocenters. The highest BCUT2D eigenvalue weighted by atomic mass is 16.7. The molecule has 3 heteroatoms. The van der Waals surface area contributed by atoms with Crippen molar-refractivity contribution in [3.8, 4) is 0 Å². The van der Waals surface area contributed by atoms with E-state index in [0.717, 1.165) is 5.69 Å². The Balaban J connectivity index is 2.16. The molecule has 1 aliphatic rings. The number of hydroxylamine groups is 1. The third-order valence-corrected chi connectivity index (χ3v) is 2.92. The van der Waals surface area contributed by atoms with E-state index in [1.165, 1.54) is 0 Å². The predicted octanol–water partition coefficient (Wildman–Crippen LogP) is 2.81. The number of anilines is 1. The van der Waals surface area contributed by atoms with Crippen molar-refractivity contribution in [2.75, 3.05) is 11.6 Å². The summed E-state index contributed by atoms with van der Waals surface area (Å²) < 4.78 is 0. The van der Waals surface area contributed by atoms with Gasteiger partial charge in [-0.1, -0.05) is 39.0 Å². The van der Waals surface area contributed by atoms with Crippen molar-refractivity contribution in [1.82, 2.24) is 0 Å². The molecule has 0 spiro atoms. The molecular weight excluding hydrogens is 214 g/mol. The summed E-state index contributed by atoms with van der Waals surface area (Å²) in [5, 5.41) is 1.83. The molecule has 0 N–H and O–H groups in total. The second kappa shape index (κ2) is 4.49. The zero-order valence-electron chi connectivity index (χ0n) is 10.6. The van der Waals surface area contributed by atoms with E-state index >= 15 is 0 Å². The van der Waals surface area contributed by atoms with Crippen LogP contribution in [-0.2, 0) is 9.63 Å². The van der Waals surface area contributed by atoms with Crippen LogP contribution in [0.2, 0.25) is 0 Å². The van der Waals surface area contributed by atoms with Crippen LogP contribution < -0.4 is 5.06 Å². The van der Waals surface area contributed by atoms with E-state index in [4.69, 9.17) is 4.84 Å². The van der Waals surface area contributed by atoms with Crippen molar-refractivity contribution >= 4 is 11.5 Å². The van der Waals surface area contributed by atoms with Crippen LogP contribution in [0.4, 0.5) is 5.69 Å². The zero-order chi connectivity index (χ0) is 12.5. The molecule has 1 saturated heterocycles. The molecule has 0 aliphatic carbocycles. The minimum Gasteiger partial charge on any atom is -0.297 e. The highest BCUT2D eigenvalue weighted by Crippen LogP contribution is 2.30. The molecule has 1 unspecified atom stereocenters. The van der Waals surface area contributed by atoms with Gasteiger partial charge < -0.3 is 0 Å². The molecule has 2 rings (SSSR count). The van der Waals surface area contributed by atoms with E-state index in [-0.39, 0.29) is 17.3 Å². The number of hydrogen-bond donors (Lipinski definition) is 0. The molecule has 3 nitrogen and oxygen atoms in total. The van der Waals surface area contributed by atoms with Gasteiger partial charge in [0.05, 0.1) is 12.2 Å². The molecule has 17 heavy (non-hydrogen) atoms. The molecule has 1 aromatic carbocycles. The Bertz CT molecular complexity index is 394. The number of nitrogens with zero attached hydrogens (tertiary/aromatic N) is 1. The number of ketones is 1. The Labute approximate surface area is 102 Å². The second-order valence-corrected chi connectivity index (χ2v) is 5.51. The number of rotatable bonds is 1. The fourth-order valence-electron chi connectivity index (χ4n) is 2.01. The van der Waals surface area contributed by atoms with Crippen LogP contribution in [0.25, 0.3) is 0 Å². The molecule has 92 valence electrons. The summed E-state index contributed by atoms with van der Waals surface area (Å²) in [6.07, 6.45) is 0.202. The van der Waals surface area contributed by atoms with Gasteiger partial charge >= 0.3 is 0 Å². The van der Waals surface area contributed by atoms with Crippen LogP contribution in [0.15, 0.2) is 30.3 Å². The molecule has 1 aliphatic heterocycles. The first kappa shape index (κ1) is 12.1. The molecule has 1 aromatic rings. The first-order valence-corrected chi connectivity index (χ1v) is 6.00. The van der Waals surface area contributed by atoms with Crippen LogP contribution in [0, 0.1) is 5.41 Å². The summed E-state index contributed by atoms with van der Waals surface area (Å²) in [6.45, 7) is 6.73. The van der Waals surface area contributed by atoms with E-state index in [1.807, 2.05) is 56.2 Å². The summed E-state index contributed by atoms with van der Waals surface area (Å²) in [6, 6.07) is 9.91. The molecule has 0 bridgehead atoms. The molecule has 0 aromatic heterocycles. The molecule has 1 fully saturated rings. The lowest BCUT2D eigenvalue weighted by atomic mass is 9.85. The fraction of sp³-hybridized carbons (Fsp3) is 0.500. The van der Waals surface area contributed by atoms with Crippen molar-refractivity contribution < 1.29 is 9.63 Å². The highest BCUT2D eigenvalue weighted by molar-refractivity contribution is 5.85. The smallest absolute Gasteiger partial charge is 0.166 e. The minimum absolute atomic E-state index is 0.162. The zero-order valence-corrected chi connectivity index (χ0v) is 10.6. The van der Waals surface area contributed by atoms with Crippen molar-refractivity contribution in [1.29, 1.82) is 0 Å². The average Bonchev–Trinajstić information content (AvgIpc) is 2.29. The normalized spacial score (nSPS) is 21.7. The first-order valence-electron chi connectivity index (χ1n) is 6.00. The number of carbonyl (C=O) groups excluding carboxylic acids is 1. The van der Waals surface area contributed by atoms with Gasteiger partial charge in [0.2, 0.25) is 0 Å². The van der Waals surface area contributed by atoms with Crippen LogP contribution in [0.3, 0.4) is 0 Å². The monoisotopic (exact) mass is 233 g/mol. The van der Waals surface area contributed by atoms with Gasteiger partial charge in [0, 0.05) is 6.42 Å². The number of Topliss-reactive ketones (excluding diaryl/α,β-unsaturated/α-hetero) is 1. The summed E-state index contributed by atoms with van der Waals surface area (Å²) in [5.41, 5.74) is 0.846. The summed E-state index contributed by atoms with van der Waals surface area (Å²) in [5.74, 6) is 0.199. The van der Waals surface area contributed by atoms with Crippen molar-refractivity contribution in [2.45, 2.75) is 33.3 Å². The molecular formula is C14H19NO2. The van der Waals surface area contributed by atoms with Crippen LogP contribution in [0.5, 0.6) is 0 Å². The maximum atomic E-state index is 11.9. The van der Waals surface area contributed by atoms with E-state index in [2.05, 4.69) is 0 Å². The molecule has 1 heterocycles. The third-order valence-electron chi connectivity index (χ3n) is 2.92. The summed E-state index contributed by atoms with van der Waals surface area (Å²) >= 11 is 0. The Kier molecular flexibility index (Phi) is 3.20. The standard InChI is InChI=1S/C14H19NO2/c1-14(2,3)13-12(16)9-10-15(17-13)11-7-5-4-6-8-11/h4-8,13H,9-10H2,1-3H3. The second-order valence-electron chi connectivity index (χ2n) is 5.51. The van der Waals surface area contributed by atoms with Gasteiger partial charge in [-0.25, -0.2) is 0 Å². The van der Waals surface area contributed by atoms with Crippen LogP contribution in [0.1, 0.15) is 27.2 Å². The van der Waals surface area contributed by atoms with Gasteiger partial charge in [-0.05, 0) is 17.5 Å². The average molecular weight is 233 g/mol. The van der Waals surface area contributed by atoms with Crippen molar-refractivity contribution in [3.05, 3.63) is 30.3 Å². The van der Waals surface area contributed by atoms with Gasteiger partial charge in [-0.3, -0.25) is 14.7 Å². The predicted molar refractivity (Wildman–Crippen MR) is 67.7 cm³/mol. The van der Waals surface area contributed by atoms with Crippen molar-refractivity contribution in [2.24, 2.45) is 5.41 Å². The third kappa shape index (κ3) is 2.67. The number of hydrogen-bond acceptors (Lipinski definition) is 3. The van der Waals surface area contributed by atoms with Gasteiger partial charge in [0.1, 0.15) is 6.10 Å². The summed E-state index contributed by atoms with van der Waals surface area (Å²) in [7, 11) is 0. The fourth-order valence-corrected chi connectivity index (χ4v) is 2.01. The largest absolute Gasteiger partial charge is 0.297 e. The first-order chi connectivity index (χ1) is 7.98. The topological polar surface area (TPSA) is 29.5 Å². The number of carbonyl (C=O) groups is 1. The Morgan fingerprint density at radius 3 is 2.47 bits per heavy atom. The van der Waals surface area contributed by atoms with Gasteiger partial charge in [-0.2, -0.15) is 0 Å². The summed E-state index contributed by atoms with van der Waals surface area (Å²) in [4.78, 5) is 17.7. The molecule has 0 saturated carbocycles. The quantitative estimate of drug-likeness (QED) is 0.747. The van der Waals surface area contributed by atoms with Gasteiger partial charge in [0.25, 0.3) is 0 Å². The molecule has 0 radical (unpaired) electrons. The Morgan fingerprint density at radius 2 is 1.88 bits per heavy atom. The van der Waals surface area contributed by atoms with Crippen molar-refractivity contribution in [3.63, 3.8) is 0 Å². The Morgan fingerprint density at radius 1 is 1.24 bits per heavy atom. The lowest BCUT2D eigenvalue weighted by Crippen LogP contribution is -2.48. The van der Waals surface area contributed by atoms with Gasteiger partial charge in [-0.15, -0.1) is 0 Å². The number of para-hydroxylation sites is 1.